The van der Waals surface area contributed by atoms with E-state index in [1.165, 1.54) is 0 Å². The molecule has 0 spiro atoms. The second-order valence-electron chi connectivity index (χ2n) is 7.79. The van der Waals surface area contributed by atoms with Gasteiger partial charge < -0.3 is 20.2 Å². The molecule has 0 radical (unpaired) electrons. The van der Waals surface area contributed by atoms with E-state index < -0.39 is 11.7 Å². The molecule has 0 saturated heterocycles. The maximum absolute atomic E-state index is 12.3. The van der Waals surface area contributed by atoms with Crippen LogP contribution in [0.2, 0.25) is 0 Å². The zero-order chi connectivity index (χ0) is 19.2. The fourth-order valence-electron chi connectivity index (χ4n) is 2.96. The Bertz CT molecular complexity index is 626. The van der Waals surface area contributed by atoms with Crippen molar-refractivity contribution in [3.8, 4) is 0 Å². The van der Waals surface area contributed by atoms with Crippen LogP contribution in [0.4, 0.5) is 10.5 Å². The first-order chi connectivity index (χ1) is 12.3. The van der Waals surface area contributed by atoms with E-state index in [-0.39, 0.29) is 17.7 Å². The van der Waals surface area contributed by atoms with E-state index in [1.54, 1.807) is 0 Å². The van der Waals surface area contributed by atoms with Crippen molar-refractivity contribution < 1.29 is 19.1 Å². The predicted octanol–water partition coefficient (Wildman–Crippen LogP) is 3.66. The number of hydrogen-bond acceptors (Lipinski definition) is 4. The summed E-state index contributed by atoms with van der Waals surface area (Å²) < 4.78 is 5.19. The van der Waals surface area contributed by atoms with Gasteiger partial charge in [0.15, 0.2) is 0 Å². The first kappa shape index (κ1) is 19.9. The Labute approximate surface area is 154 Å². The summed E-state index contributed by atoms with van der Waals surface area (Å²) in [6, 6.07) is 7.36. The van der Waals surface area contributed by atoms with Crippen molar-refractivity contribution in [3.63, 3.8) is 0 Å². The van der Waals surface area contributed by atoms with Gasteiger partial charge in [0.25, 0.3) is 0 Å². The molecule has 2 amide bonds. The normalized spacial score (nSPS) is 20.1. The number of alkyl carbamates (subject to hydrolysis) is 1. The first-order valence-corrected chi connectivity index (χ1v) is 9.09. The molecule has 0 unspecified atom stereocenters. The largest absolute Gasteiger partial charge is 0.444 e. The van der Waals surface area contributed by atoms with Crippen molar-refractivity contribution >= 4 is 24.0 Å². The number of ether oxygens (including phenoxy) is 1. The lowest BCUT2D eigenvalue weighted by Crippen LogP contribution is -2.32. The Morgan fingerprint density at radius 1 is 1.12 bits per heavy atom. The zero-order valence-corrected chi connectivity index (χ0v) is 15.7. The molecule has 1 aromatic rings. The van der Waals surface area contributed by atoms with Gasteiger partial charge in [-0.2, -0.15) is 0 Å². The van der Waals surface area contributed by atoms with Crippen LogP contribution >= 0.6 is 0 Å². The number of hydrogen-bond donors (Lipinski definition) is 2. The molecular weight excluding hydrogens is 332 g/mol. The summed E-state index contributed by atoms with van der Waals surface area (Å²) in [5.41, 5.74) is 1.12. The summed E-state index contributed by atoms with van der Waals surface area (Å²) in [6.07, 6.45) is 3.63. The third kappa shape index (κ3) is 6.50. The smallest absolute Gasteiger partial charge is 0.407 e. The first-order valence-electron chi connectivity index (χ1n) is 9.09. The SMILES string of the molecule is CC(C)(C)OC(=O)NCc1ccc(NC(=O)C2CCC(C=O)CC2)cc1. The van der Waals surface area contributed by atoms with Gasteiger partial charge in [-0.1, -0.05) is 12.1 Å². The number of carbonyl (C=O) groups excluding carboxylic acids is 3. The molecule has 0 aliphatic heterocycles. The monoisotopic (exact) mass is 360 g/mol. The average molecular weight is 360 g/mol. The summed E-state index contributed by atoms with van der Waals surface area (Å²) >= 11 is 0. The lowest BCUT2D eigenvalue weighted by molar-refractivity contribution is -0.122. The number of carbonyl (C=O) groups is 3. The third-order valence-corrected chi connectivity index (χ3v) is 4.39. The van der Waals surface area contributed by atoms with E-state index in [0.29, 0.717) is 6.54 Å². The molecular formula is C20H28N2O4. The molecule has 0 atom stereocenters. The lowest BCUT2D eigenvalue weighted by atomic mass is 9.82. The van der Waals surface area contributed by atoms with E-state index in [4.69, 9.17) is 4.74 Å². The van der Waals surface area contributed by atoms with Gasteiger partial charge in [0.1, 0.15) is 11.9 Å². The second kappa shape index (κ2) is 8.83. The van der Waals surface area contributed by atoms with Gasteiger partial charge in [0.05, 0.1) is 0 Å². The topological polar surface area (TPSA) is 84.5 Å². The van der Waals surface area contributed by atoms with Crippen LogP contribution in [0.3, 0.4) is 0 Å². The third-order valence-electron chi connectivity index (χ3n) is 4.39. The van der Waals surface area contributed by atoms with E-state index in [2.05, 4.69) is 10.6 Å². The molecule has 2 N–H and O–H groups in total. The van der Waals surface area contributed by atoms with E-state index in [1.807, 2.05) is 45.0 Å². The van der Waals surface area contributed by atoms with Crippen LogP contribution in [-0.4, -0.2) is 23.9 Å². The van der Waals surface area contributed by atoms with E-state index in [9.17, 15) is 14.4 Å². The van der Waals surface area contributed by atoms with Crippen LogP contribution in [-0.2, 0) is 20.9 Å². The second-order valence-corrected chi connectivity index (χ2v) is 7.79. The molecule has 0 heterocycles. The Hall–Kier alpha value is -2.37. The number of nitrogens with one attached hydrogen (secondary N) is 2. The molecule has 1 aromatic carbocycles. The summed E-state index contributed by atoms with van der Waals surface area (Å²) in [7, 11) is 0. The van der Waals surface area contributed by atoms with Gasteiger partial charge in [-0.25, -0.2) is 4.79 Å². The summed E-state index contributed by atoms with van der Waals surface area (Å²) in [6.45, 7) is 5.80. The Kier molecular flexibility index (Phi) is 6.77. The minimum absolute atomic E-state index is 0.00831. The minimum atomic E-state index is -0.525. The molecule has 6 heteroatoms. The molecule has 142 valence electrons. The van der Waals surface area contributed by atoms with Crippen molar-refractivity contribution in [2.24, 2.45) is 11.8 Å². The summed E-state index contributed by atoms with van der Waals surface area (Å²) in [5, 5.41) is 5.63. The van der Waals surface area contributed by atoms with Gasteiger partial charge in [-0.15, -0.1) is 0 Å². The molecule has 0 aromatic heterocycles. The highest BCUT2D eigenvalue weighted by Gasteiger charge is 2.26. The summed E-state index contributed by atoms with van der Waals surface area (Å²) in [5.74, 6) is 0.0875. The molecule has 1 fully saturated rings. The highest BCUT2D eigenvalue weighted by molar-refractivity contribution is 5.92. The van der Waals surface area contributed by atoms with Crippen LogP contribution in [0.25, 0.3) is 0 Å². The standard InChI is InChI=1S/C20H28N2O4/c1-20(2,3)26-19(25)21-12-14-6-10-17(11-7-14)22-18(24)16-8-4-15(13-23)5-9-16/h6-7,10-11,13,15-16H,4-5,8-9,12H2,1-3H3,(H,21,25)(H,22,24). The fourth-order valence-corrected chi connectivity index (χ4v) is 2.96. The number of aldehydes is 1. The molecule has 26 heavy (non-hydrogen) atoms. The van der Waals surface area contributed by atoms with Crippen LogP contribution in [0, 0.1) is 11.8 Å². The van der Waals surface area contributed by atoms with Crippen molar-refractivity contribution in [2.75, 3.05) is 5.32 Å². The van der Waals surface area contributed by atoms with Crippen molar-refractivity contribution in [3.05, 3.63) is 29.8 Å². The molecule has 2 rings (SSSR count). The Morgan fingerprint density at radius 3 is 2.27 bits per heavy atom. The molecule has 1 saturated carbocycles. The van der Waals surface area contributed by atoms with Crippen LogP contribution in [0.5, 0.6) is 0 Å². The fraction of sp³-hybridized carbons (Fsp3) is 0.550. The maximum Gasteiger partial charge on any atom is 0.407 e. The average Bonchev–Trinajstić information content (AvgIpc) is 2.59. The predicted molar refractivity (Wildman–Crippen MR) is 99.7 cm³/mol. The number of rotatable bonds is 5. The Morgan fingerprint density at radius 2 is 1.73 bits per heavy atom. The zero-order valence-electron chi connectivity index (χ0n) is 15.7. The van der Waals surface area contributed by atoms with Crippen molar-refractivity contribution in [1.29, 1.82) is 0 Å². The van der Waals surface area contributed by atoms with Gasteiger partial charge in [-0.3, -0.25) is 4.79 Å². The maximum atomic E-state index is 12.3. The molecule has 1 aliphatic rings. The Balaban J connectivity index is 1.79. The minimum Gasteiger partial charge on any atom is -0.444 e. The summed E-state index contributed by atoms with van der Waals surface area (Å²) in [4.78, 5) is 34.8. The van der Waals surface area contributed by atoms with E-state index in [0.717, 1.165) is 43.2 Å². The van der Waals surface area contributed by atoms with Gasteiger partial charge in [0.2, 0.25) is 5.91 Å². The highest BCUT2D eigenvalue weighted by Crippen LogP contribution is 2.28. The van der Waals surface area contributed by atoms with Crippen molar-refractivity contribution in [2.45, 2.75) is 58.6 Å². The molecule has 0 bridgehead atoms. The molecule has 6 nitrogen and oxygen atoms in total. The number of amides is 2. The number of benzene rings is 1. The molecule has 1 aliphatic carbocycles. The van der Waals surface area contributed by atoms with Gasteiger partial charge >= 0.3 is 6.09 Å². The van der Waals surface area contributed by atoms with Gasteiger partial charge in [0, 0.05) is 24.1 Å². The lowest BCUT2D eigenvalue weighted by Gasteiger charge is -2.24. The van der Waals surface area contributed by atoms with Crippen LogP contribution in [0.15, 0.2) is 24.3 Å². The van der Waals surface area contributed by atoms with Crippen LogP contribution in [0.1, 0.15) is 52.0 Å². The van der Waals surface area contributed by atoms with E-state index >= 15 is 0 Å². The van der Waals surface area contributed by atoms with Gasteiger partial charge in [-0.05, 0) is 64.2 Å². The number of anilines is 1. The van der Waals surface area contributed by atoms with Crippen molar-refractivity contribution in [1.82, 2.24) is 5.32 Å². The quantitative estimate of drug-likeness (QED) is 0.785. The van der Waals surface area contributed by atoms with Crippen LogP contribution < -0.4 is 10.6 Å². The highest BCUT2D eigenvalue weighted by atomic mass is 16.6.